The molecule has 5 heterocycles. The summed E-state index contributed by atoms with van der Waals surface area (Å²) >= 11 is 1.64. The molecular formula is C25H20FN7S. The van der Waals surface area contributed by atoms with Gasteiger partial charge in [0.2, 0.25) is 0 Å². The SMILES string of the molecule is CN(C)Cc1cncc(-c2ccc3[nH]nc(-c4nc5nccc(-c6cccs6)c5[nH]4)c3c2F)c1. The van der Waals surface area contributed by atoms with Gasteiger partial charge in [0.05, 0.1) is 16.4 Å². The Hall–Kier alpha value is -3.95. The number of aromatic nitrogens is 6. The number of halogens is 1. The van der Waals surface area contributed by atoms with Gasteiger partial charge in [-0.15, -0.1) is 11.3 Å². The van der Waals surface area contributed by atoms with E-state index in [0.29, 0.717) is 33.6 Å². The quantitative estimate of drug-likeness (QED) is 0.349. The zero-order valence-corrected chi connectivity index (χ0v) is 19.3. The van der Waals surface area contributed by atoms with Crippen molar-refractivity contribution in [2.24, 2.45) is 0 Å². The summed E-state index contributed by atoms with van der Waals surface area (Å²) in [6.45, 7) is 0.722. The predicted molar refractivity (Wildman–Crippen MR) is 133 cm³/mol. The molecule has 0 atom stereocenters. The highest BCUT2D eigenvalue weighted by atomic mass is 32.1. The minimum atomic E-state index is -0.364. The van der Waals surface area contributed by atoms with Crippen molar-refractivity contribution >= 4 is 33.4 Å². The molecule has 0 spiro atoms. The Kier molecular flexibility index (Phi) is 4.93. The lowest BCUT2D eigenvalue weighted by atomic mass is 10.0. The number of pyridine rings is 2. The maximum atomic E-state index is 15.9. The number of aromatic amines is 2. The molecule has 0 saturated carbocycles. The number of hydrogen-bond acceptors (Lipinski definition) is 6. The summed E-state index contributed by atoms with van der Waals surface area (Å²) in [5.74, 6) is 0.102. The summed E-state index contributed by atoms with van der Waals surface area (Å²) in [4.78, 5) is 19.8. The molecule has 0 fully saturated rings. The Labute approximate surface area is 198 Å². The third-order valence-electron chi connectivity index (χ3n) is 5.67. The van der Waals surface area contributed by atoms with Crippen molar-refractivity contribution < 1.29 is 4.39 Å². The van der Waals surface area contributed by atoms with Crippen molar-refractivity contribution in [3.05, 3.63) is 71.7 Å². The van der Waals surface area contributed by atoms with Gasteiger partial charge in [0.15, 0.2) is 11.5 Å². The number of imidazole rings is 1. The zero-order valence-electron chi connectivity index (χ0n) is 18.5. The van der Waals surface area contributed by atoms with Crippen LogP contribution in [0, 0.1) is 5.82 Å². The highest BCUT2D eigenvalue weighted by Crippen LogP contribution is 2.35. The first kappa shape index (κ1) is 20.6. The number of benzene rings is 1. The fourth-order valence-corrected chi connectivity index (χ4v) is 4.97. The highest BCUT2D eigenvalue weighted by Gasteiger charge is 2.21. The summed E-state index contributed by atoms with van der Waals surface area (Å²) in [7, 11) is 3.98. The summed E-state index contributed by atoms with van der Waals surface area (Å²) in [6, 6.07) is 11.6. The molecule has 34 heavy (non-hydrogen) atoms. The van der Waals surface area contributed by atoms with Crippen LogP contribution in [0.15, 0.2) is 60.4 Å². The standard InChI is InChI=1S/C25H20FN7S/c1-33(2)13-14-10-15(12-27-11-14)16-5-6-18-20(21(16)26)23(32-31-18)25-29-22-17(19-4-3-9-34-19)7-8-28-24(22)30-25/h3-12H,13H2,1-2H3,(H,31,32)(H,28,29,30). The second kappa shape index (κ2) is 8.12. The van der Waals surface area contributed by atoms with Gasteiger partial charge in [-0.25, -0.2) is 14.4 Å². The van der Waals surface area contributed by atoms with Gasteiger partial charge in [-0.1, -0.05) is 6.07 Å². The van der Waals surface area contributed by atoms with Gasteiger partial charge in [0, 0.05) is 46.7 Å². The number of H-pyrrole nitrogens is 2. The monoisotopic (exact) mass is 469 g/mol. The second-order valence-corrected chi connectivity index (χ2v) is 9.31. The number of nitrogens with zero attached hydrogens (tertiary/aromatic N) is 5. The average molecular weight is 470 g/mol. The molecule has 0 aliphatic carbocycles. The molecule has 0 amide bonds. The first-order valence-electron chi connectivity index (χ1n) is 10.7. The Morgan fingerprint density at radius 2 is 2.00 bits per heavy atom. The van der Waals surface area contributed by atoms with E-state index in [2.05, 4.69) is 35.0 Å². The van der Waals surface area contributed by atoms with E-state index < -0.39 is 0 Å². The summed E-state index contributed by atoms with van der Waals surface area (Å²) in [5.41, 5.74) is 5.58. The van der Waals surface area contributed by atoms with Crippen LogP contribution in [0.2, 0.25) is 0 Å². The van der Waals surface area contributed by atoms with Gasteiger partial charge in [-0.2, -0.15) is 5.10 Å². The number of hydrogen-bond donors (Lipinski definition) is 2. The number of rotatable bonds is 5. The molecule has 0 unspecified atom stereocenters. The fourth-order valence-electron chi connectivity index (χ4n) is 4.21. The maximum absolute atomic E-state index is 15.9. The molecule has 9 heteroatoms. The topological polar surface area (TPSA) is 86.4 Å². The molecule has 5 aromatic heterocycles. The normalized spacial score (nSPS) is 11.8. The van der Waals surface area contributed by atoms with Crippen LogP contribution in [0.3, 0.4) is 0 Å². The lowest BCUT2D eigenvalue weighted by Crippen LogP contribution is -2.10. The minimum Gasteiger partial charge on any atom is -0.335 e. The van der Waals surface area contributed by atoms with Crippen LogP contribution in [-0.2, 0) is 6.54 Å². The van der Waals surface area contributed by atoms with E-state index in [9.17, 15) is 0 Å². The average Bonchev–Trinajstić information content (AvgIpc) is 3.57. The molecule has 0 saturated heterocycles. The number of thiophene rings is 1. The van der Waals surface area contributed by atoms with Gasteiger partial charge < -0.3 is 9.88 Å². The van der Waals surface area contributed by atoms with Crippen molar-refractivity contribution in [2.45, 2.75) is 6.54 Å². The van der Waals surface area contributed by atoms with Crippen LogP contribution in [0.5, 0.6) is 0 Å². The molecule has 6 rings (SSSR count). The highest BCUT2D eigenvalue weighted by molar-refractivity contribution is 7.13. The largest absolute Gasteiger partial charge is 0.335 e. The van der Waals surface area contributed by atoms with E-state index in [-0.39, 0.29) is 5.82 Å². The predicted octanol–water partition coefficient (Wildman–Crippen LogP) is 5.49. The first-order valence-corrected chi connectivity index (χ1v) is 11.6. The maximum Gasteiger partial charge on any atom is 0.178 e. The Balaban J connectivity index is 1.50. The lowest BCUT2D eigenvalue weighted by Gasteiger charge is -2.11. The molecule has 168 valence electrons. The van der Waals surface area contributed by atoms with Crippen molar-refractivity contribution in [3.63, 3.8) is 0 Å². The Morgan fingerprint density at radius 3 is 2.82 bits per heavy atom. The van der Waals surface area contributed by atoms with Crippen molar-refractivity contribution in [3.8, 4) is 33.1 Å². The van der Waals surface area contributed by atoms with Crippen molar-refractivity contribution in [1.82, 2.24) is 35.0 Å². The Morgan fingerprint density at radius 1 is 1.09 bits per heavy atom. The third kappa shape index (κ3) is 3.46. The van der Waals surface area contributed by atoms with E-state index in [0.717, 1.165) is 33.6 Å². The van der Waals surface area contributed by atoms with Crippen molar-refractivity contribution in [2.75, 3.05) is 14.1 Å². The van der Waals surface area contributed by atoms with E-state index >= 15 is 4.39 Å². The van der Waals surface area contributed by atoms with E-state index in [1.807, 2.05) is 49.8 Å². The van der Waals surface area contributed by atoms with Crippen LogP contribution in [0.4, 0.5) is 4.39 Å². The van der Waals surface area contributed by atoms with E-state index in [1.165, 1.54) is 0 Å². The van der Waals surface area contributed by atoms with Crippen LogP contribution in [0.25, 0.3) is 55.2 Å². The molecular weight excluding hydrogens is 449 g/mol. The van der Waals surface area contributed by atoms with Gasteiger partial charge in [-0.05, 0) is 55.4 Å². The fraction of sp³-hybridized carbons (Fsp3) is 0.120. The molecule has 1 aromatic carbocycles. The van der Waals surface area contributed by atoms with Crippen molar-refractivity contribution in [1.29, 1.82) is 0 Å². The van der Waals surface area contributed by atoms with Gasteiger partial charge >= 0.3 is 0 Å². The molecule has 0 aliphatic rings. The van der Waals surface area contributed by atoms with Crippen LogP contribution >= 0.6 is 11.3 Å². The van der Waals surface area contributed by atoms with Crippen LogP contribution in [-0.4, -0.2) is 49.1 Å². The molecule has 6 aromatic rings. The summed E-state index contributed by atoms with van der Waals surface area (Å²) < 4.78 is 15.9. The van der Waals surface area contributed by atoms with Crippen LogP contribution in [0.1, 0.15) is 5.56 Å². The van der Waals surface area contributed by atoms with Gasteiger partial charge in [0.25, 0.3) is 0 Å². The molecule has 7 nitrogen and oxygen atoms in total. The number of nitrogens with one attached hydrogen (secondary N) is 2. The van der Waals surface area contributed by atoms with Crippen LogP contribution < -0.4 is 0 Å². The summed E-state index contributed by atoms with van der Waals surface area (Å²) in [6.07, 6.45) is 5.22. The Bertz CT molecular complexity index is 1630. The van der Waals surface area contributed by atoms with E-state index in [4.69, 9.17) is 0 Å². The molecule has 2 N–H and O–H groups in total. The second-order valence-electron chi connectivity index (χ2n) is 8.36. The summed E-state index contributed by atoms with van der Waals surface area (Å²) in [5, 5.41) is 9.75. The smallest absolute Gasteiger partial charge is 0.178 e. The minimum absolute atomic E-state index is 0.364. The molecule has 0 radical (unpaired) electrons. The van der Waals surface area contributed by atoms with Gasteiger partial charge in [-0.3, -0.25) is 10.1 Å². The molecule has 0 bridgehead atoms. The molecule has 0 aliphatic heterocycles. The number of fused-ring (bicyclic) bond motifs is 2. The first-order chi connectivity index (χ1) is 16.6. The zero-order chi connectivity index (χ0) is 23.2. The van der Waals surface area contributed by atoms with Gasteiger partial charge in [0.1, 0.15) is 11.5 Å². The lowest BCUT2D eigenvalue weighted by molar-refractivity contribution is 0.402. The van der Waals surface area contributed by atoms with E-state index in [1.54, 1.807) is 36.0 Å². The third-order valence-corrected chi connectivity index (χ3v) is 6.58.